The molecule has 1 saturated heterocycles. The zero-order chi connectivity index (χ0) is 11.4. The second-order valence-corrected chi connectivity index (χ2v) is 4.93. The van der Waals surface area contributed by atoms with Crippen molar-refractivity contribution in [2.45, 2.75) is 19.9 Å². The molecule has 1 aromatic carbocycles. The SMILES string of the molecule is CNCC1CCN(Cc2ccc(C)cc2)C1. The predicted octanol–water partition coefficient (Wildman–Crippen LogP) is 2.04. The Morgan fingerprint density at radius 1 is 1.31 bits per heavy atom. The first-order valence-corrected chi connectivity index (χ1v) is 6.20. The van der Waals surface area contributed by atoms with Crippen molar-refractivity contribution in [3.8, 4) is 0 Å². The number of hydrogen-bond acceptors (Lipinski definition) is 2. The quantitative estimate of drug-likeness (QED) is 0.832. The van der Waals surface area contributed by atoms with Crippen LogP contribution >= 0.6 is 0 Å². The van der Waals surface area contributed by atoms with Gasteiger partial charge in [0.1, 0.15) is 0 Å². The van der Waals surface area contributed by atoms with E-state index < -0.39 is 0 Å². The third-order valence-corrected chi connectivity index (χ3v) is 3.39. The molecule has 0 saturated carbocycles. The molecule has 0 radical (unpaired) electrons. The highest BCUT2D eigenvalue weighted by molar-refractivity contribution is 5.21. The van der Waals surface area contributed by atoms with Crippen LogP contribution in [-0.4, -0.2) is 31.6 Å². The van der Waals surface area contributed by atoms with E-state index in [1.54, 1.807) is 0 Å². The topological polar surface area (TPSA) is 15.3 Å². The van der Waals surface area contributed by atoms with Gasteiger partial charge in [-0.15, -0.1) is 0 Å². The maximum absolute atomic E-state index is 3.27. The molecule has 1 aromatic rings. The van der Waals surface area contributed by atoms with E-state index in [0.29, 0.717) is 0 Å². The van der Waals surface area contributed by atoms with Crippen molar-refractivity contribution in [2.24, 2.45) is 5.92 Å². The second-order valence-electron chi connectivity index (χ2n) is 4.93. The van der Waals surface area contributed by atoms with Gasteiger partial charge in [0.05, 0.1) is 0 Å². The number of hydrogen-bond donors (Lipinski definition) is 1. The molecule has 0 aliphatic carbocycles. The van der Waals surface area contributed by atoms with Crippen LogP contribution < -0.4 is 5.32 Å². The van der Waals surface area contributed by atoms with E-state index in [4.69, 9.17) is 0 Å². The molecule has 1 aliphatic rings. The summed E-state index contributed by atoms with van der Waals surface area (Å²) in [5.74, 6) is 0.843. The lowest BCUT2D eigenvalue weighted by molar-refractivity contribution is 0.315. The van der Waals surface area contributed by atoms with Gasteiger partial charge in [-0.05, 0) is 45.0 Å². The molecule has 0 aromatic heterocycles. The molecule has 0 amide bonds. The lowest BCUT2D eigenvalue weighted by atomic mass is 10.1. The zero-order valence-electron chi connectivity index (χ0n) is 10.4. The summed E-state index contributed by atoms with van der Waals surface area (Å²) in [6, 6.07) is 8.91. The molecule has 1 aliphatic heterocycles. The Balaban J connectivity index is 1.84. The Kier molecular flexibility index (Phi) is 3.97. The van der Waals surface area contributed by atoms with E-state index in [-0.39, 0.29) is 0 Å². The minimum Gasteiger partial charge on any atom is -0.319 e. The third kappa shape index (κ3) is 3.06. The van der Waals surface area contributed by atoms with Crippen molar-refractivity contribution in [1.29, 1.82) is 0 Å². The maximum Gasteiger partial charge on any atom is 0.0233 e. The molecule has 1 fully saturated rings. The molecule has 16 heavy (non-hydrogen) atoms. The summed E-state index contributed by atoms with van der Waals surface area (Å²) in [7, 11) is 2.04. The fourth-order valence-corrected chi connectivity index (χ4v) is 2.46. The van der Waals surface area contributed by atoms with Crippen LogP contribution in [0.15, 0.2) is 24.3 Å². The summed E-state index contributed by atoms with van der Waals surface area (Å²) in [4.78, 5) is 2.56. The Bertz CT molecular complexity index is 318. The van der Waals surface area contributed by atoms with Gasteiger partial charge in [0, 0.05) is 13.1 Å². The molecule has 0 bridgehead atoms. The zero-order valence-corrected chi connectivity index (χ0v) is 10.4. The average Bonchev–Trinajstić information content (AvgIpc) is 2.70. The number of nitrogens with one attached hydrogen (secondary N) is 1. The standard InChI is InChI=1S/C14H22N2/c1-12-3-5-13(6-4-12)10-16-8-7-14(11-16)9-15-2/h3-6,14-15H,7-11H2,1-2H3. The summed E-state index contributed by atoms with van der Waals surface area (Å²) in [5.41, 5.74) is 2.79. The Labute approximate surface area is 98.7 Å². The fraction of sp³-hybridized carbons (Fsp3) is 0.571. The fourth-order valence-electron chi connectivity index (χ4n) is 2.46. The van der Waals surface area contributed by atoms with Crippen molar-refractivity contribution >= 4 is 0 Å². The number of nitrogens with zero attached hydrogens (tertiary/aromatic N) is 1. The number of benzene rings is 1. The molecule has 0 spiro atoms. The van der Waals surface area contributed by atoms with E-state index in [1.807, 2.05) is 7.05 Å². The third-order valence-electron chi connectivity index (χ3n) is 3.39. The molecule has 2 rings (SSSR count). The van der Waals surface area contributed by atoms with Crippen molar-refractivity contribution < 1.29 is 0 Å². The van der Waals surface area contributed by atoms with Gasteiger partial charge in [-0.3, -0.25) is 4.90 Å². The Hall–Kier alpha value is -0.860. The largest absolute Gasteiger partial charge is 0.319 e. The number of rotatable bonds is 4. The Morgan fingerprint density at radius 2 is 2.06 bits per heavy atom. The van der Waals surface area contributed by atoms with E-state index in [1.165, 1.54) is 30.6 Å². The minimum absolute atomic E-state index is 0.843. The van der Waals surface area contributed by atoms with Crippen molar-refractivity contribution in [3.63, 3.8) is 0 Å². The highest BCUT2D eigenvalue weighted by Crippen LogP contribution is 2.18. The van der Waals surface area contributed by atoms with Crippen LogP contribution in [0.25, 0.3) is 0 Å². The maximum atomic E-state index is 3.27. The van der Waals surface area contributed by atoms with Gasteiger partial charge in [-0.2, -0.15) is 0 Å². The molecule has 2 nitrogen and oxygen atoms in total. The van der Waals surface area contributed by atoms with Crippen molar-refractivity contribution in [2.75, 3.05) is 26.7 Å². The minimum atomic E-state index is 0.843. The molecular formula is C14H22N2. The summed E-state index contributed by atoms with van der Waals surface area (Å²) in [6.45, 7) is 6.91. The summed E-state index contributed by atoms with van der Waals surface area (Å²) in [5, 5.41) is 3.27. The average molecular weight is 218 g/mol. The van der Waals surface area contributed by atoms with Gasteiger partial charge in [0.2, 0.25) is 0 Å². The Morgan fingerprint density at radius 3 is 2.75 bits per heavy atom. The van der Waals surface area contributed by atoms with Gasteiger partial charge < -0.3 is 5.32 Å². The predicted molar refractivity (Wildman–Crippen MR) is 68.5 cm³/mol. The lowest BCUT2D eigenvalue weighted by Crippen LogP contribution is -2.24. The molecule has 2 heteroatoms. The van der Waals surface area contributed by atoms with Crippen molar-refractivity contribution in [3.05, 3.63) is 35.4 Å². The molecular weight excluding hydrogens is 196 g/mol. The van der Waals surface area contributed by atoms with Gasteiger partial charge in [-0.1, -0.05) is 29.8 Å². The second kappa shape index (κ2) is 5.46. The van der Waals surface area contributed by atoms with E-state index >= 15 is 0 Å². The molecule has 1 unspecified atom stereocenters. The molecule has 1 atom stereocenters. The van der Waals surface area contributed by atoms with Crippen LogP contribution in [0.2, 0.25) is 0 Å². The van der Waals surface area contributed by atoms with Crippen LogP contribution in [0.1, 0.15) is 17.5 Å². The summed E-state index contributed by atoms with van der Waals surface area (Å²) < 4.78 is 0. The molecule has 1 heterocycles. The van der Waals surface area contributed by atoms with Crippen LogP contribution in [0, 0.1) is 12.8 Å². The van der Waals surface area contributed by atoms with Crippen LogP contribution in [0.3, 0.4) is 0 Å². The van der Waals surface area contributed by atoms with Gasteiger partial charge >= 0.3 is 0 Å². The number of aryl methyl sites for hydroxylation is 1. The van der Waals surface area contributed by atoms with Crippen LogP contribution in [0.5, 0.6) is 0 Å². The summed E-state index contributed by atoms with van der Waals surface area (Å²) in [6.07, 6.45) is 1.34. The van der Waals surface area contributed by atoms with Crippen LogP contribution in [0.4, 0.5) is 0 Å². The van der Waals surface area contributed by atoms with Gasteiger partial charge in [0.15, 0.2) is 0 Å². The molecule has 1 N–H and O–H groups in total. The van der Waals surface area contributed by atoms with E-state index in [0.717, 1.165) is 19.0 Å². The summed E-state index contributed by atoms with van der Waals surface area (Å²) >= 11 is 0. The van der Waals surface area contributed by atoms with Gasteiger partial charge in [-0.25, -0.2) is 0 Å². The van der Waals surface area contributed by atoms with Crippen LogP contribution in [-0.2, 0) is 6.54 Å². The number of likely N-dealkylation sites (tertiary alicyclic amines) is 1. The normalized spacial score (nSPS) is 21.5. The van der Waals surface area contributed by atoms with Crippen molar-refractivity contribution in [1.82, 2.24) is 10.2 Å². The first-order valence-electron chi connectivity index (χ1n) is 6.20. The van der Waals surface area contributed by atoms with E-state index in [9.17, 15) is 0 Å². The van der Waals surface area contributed by atoms with Gasteiger partial charge in [0.25, 0.3) is 0 Å². The highest BCUT2D eigenvalue weighted by Gasteiger charge is 2.21. The lowest BCUT2D eigenvalue weighted by Gasteiger charge is -2.16. The first-order chi connectivity index (χ1) is 7.78. The molecule has 88 valence electrons. The van der Waals surface area contributed by atoms with E-state index in [2.05, 4.69) is 41.4 Å². The first kappa shape index (κ1) is 11.6. The highest BCUT2D eigenvalue weighted by atomic mass is 15.1. The monoisotopic (exact) mass is 218 g/mol. The smallest absolute Gasteiger partial charge is 0.0233 e.